The predicted molar refractivity (Wildman–Crippen MR) is 236 cm³/mol. The summed E-state index contributed by atoms with van der Waals surface area (Å²) in [4.78, 5) is 7.66. The van der Waals surface area contributed by atoms with Gasteiger partial charge in [-0.1, -0.05) is 146 Å². The standard InChI is InChI=1S/C52H39N5/c1-55-51(35-16-4-2-5-17-35)53-50(54-52(55)36-18-6-3-7-19-36)39-21-15-23-41(33-39)57-48-29-13-10-26-44(48)45-34-38(30-31-49(45)57)37-20-14-22-40(32-37)56-46-27-11-8-24-42(46)43-25-9-12-28-47(43)56/h2-34,51-52H,1H3,(H,53,54). The van der Waals surface area contributed by atoms with E-state index in [1.165, 1.54) is 60.3 Å². The van der Waals surface area contributed by atoms with Gasteiger partial charge in [-0.15, -0.1) is 0 Å². The molecule has 0 amide bonds. The molecule has 0 saturated carbocycles. The van der Waals surface area contributed by atoms with Crippen LogP contribution in [-0.4, -0.2) is 26.9 Å². The normalized spacial score (nSPS) is 16.0. The summed E-state index contributed by atoms with van der Waals surface area (Å²) >= 11 is 0. The molecule has 5 heteroatoms. The number of para-hydroxylation sites is 3. The van der Waals surface area contributed by atoms with E-state index in [1.807, 2.05) is 0 Å². The van der Waals surface area contributed by atoms with E-state index >= 15 is 0 Å². The SMILES string of the molecule is CN1C(c2ccccc2)N=C(c2cccc(-n3c4ccccc4c4cc(-c5cccc(-n6c7ccccc7c7ccccc76)c5)ccc43)c2)NC1c1ccccc1. The quantitative estimate of drug-likeness (QED) is 0.185. The van der Waals surface area contributed by atoms with Crippen molar-refractivity contribution >= 4 is 49.4 Å². The summed E-state index contributed by atoms with van der Waals surface area (Å²) in [7, 11) is 2.14. The summed E-state index contributed by atoms with van der Waals surface area (Å²) in [6.45, 7) is 0. The molecule has 1 aliphatic rings. The Hall–Kier alpha value is -7.21. The van der Waals surface area contributed by atoms with Gasteiger partial charge < -0.3 is 14.5 Å². The fourth-order valence-corrected chi connectivity index (χ4v) is 8.92. The Labute approximate surface area is 331 Å². The summed E-state index contributed by atoms with van der Waals surface area (Å²) in [5.41, 5.74) is 12.8. The van der Waals surface area contributed by atoms with Crippen LogP contribution in [0.25, 0.3) is 66.1 Å². The van der Waals surface area contributed by atoms with Gasteiger partial charge in [0.05, 0.1) is 22.1 Å². The molecule has 0 saturated heterocycles. The van der Waals surface area contributed by atoms with Gasteiger partial charge in [0.1, 0.15) is 18.2 Å². The minimum Gasteiger partial charge on any atom is -0.350 e. The lowest BCUT2D eigenvalue weighted by molar-refractivity contribution is 0.152. The number of benzene rings is 8. The van der Waals surface area contributed by atoms with Crippen LogP contribution in [0.2, 0.25) is 0 Å². The number of aromatic nitrogens is 2. The van der Waals surface area contributed by atoms with Crippen LogP contribution in [-0.2, 0) is 0 Å². The molecular formula is C52H39N5. The number of nitrogens with zero attached hydrogens (tertiary/aromatic N) is 4. The molecule has 8 aromatic carbocycles. The van der Waals surface area contributed by atoms with E-state index in [2.05, 4.69) is 227 Å². The summed E-state index contributed by atoms with van der Waals surface area (Å²) in [5, 5.41) is 8.78. The van der Waals surface area contributed by atoms with Crippen molar-refractivity contribution in [2.75, 3.05) is 7.05 Å². The van der Waals surface area contributed by atoms with E-state index in [1.54, 1.807) is 0 Å². The van der Waals surface area contributed by atoms with Crippen LogP contribution in [0.5, 0.6) is 0 Å². The molecule has 0 aliphatic carbocycles. The molecule has 57 heavy (non-hydrogen) atoms. The van der Waals surface area contributed by atoms with Crippen LogP contribution in [0.4, 0.5) is 0 Å². The van der Waals surface area contributed by atoms with Crippen molar-refractivity contribution in [3.63, 3.8) is 0 Å². The van der Waals surface area contributed by atoms with Gasteiger partial charge >= 0.3 is 0 Å². The minimum absolute atomic E-state index is 0.0484. The molecule has 2 unspecified atom stereocenters. The lowest BCUT2D eigenvalue weighted by Crippen LogP contribution is -2.45. The zero-order valence-electron chi connectivity index (χ0n) is 31.5. The number of amidine groups is 1. The van der Waals surface area contributed by atoms with E-state index < -0.39 is 0 Å². The van der Waals surface area contributed by atoms with Crippen molar-refractivity contribution in [2.24, 2.45) is 4.99 Å². The molecule has 0 spiro atoms. The molecule has 5 nitrogen and oxygen atoms in total. The molecule has 1 N–H and O–H groups in total. The maximum atomic E-state index is 5.35. The molecule has 0 fully saturated rings. The average molecular weight is 734 g/mol. The predicted octanol–water partition coefficient (Wildman–Crippen LogP) is 12.2. The lowest BCUT2D eigenvalue weighted by Gasteiger charge is -2.39. The average Bonchev–Trinajstić information content (AvgIpc) is 3.80. The van der Waals surface area contributed by atoms with Gasteiger partial charge in [0, 0.05) is 38.5 Å². The van der Waals surface area contributed by atoms with E-state index in [9.17, 15) is 0 Å². The van der Waals surface area contributed by atoms with Crippen molar-refractivity contribution in [3.8, 4) is 22.5 Å². The Bertz CT molecular complexity index is 3080. The van der Waals surface area contributed by atoms with E-state index in [0.29, 0.717) is 0 Å². The highest BCUT2D eigenvalue weighted by Crippen LogP contribution is 2.38. The Morgan fingerprint density at radius 3 is 1.49 bits per heavy atom. The van der Waals surface area contributed by atoms with Gasteiger partial charge in [0.2, 0.25) is 0 Å². The van der Waals surface area contributed by atoms with Gasteiger partial charge in [-0.3, -0.25) is 4.90 Å². The number of rotatable bonds is 6. The second-order valence-corrected chi connectivity index (χ2v) is 14.9. The third-order valence-electron chi connectivity index (χ3n) is 11.6. The molecule has 2 aromatic heterocycles. The van der Waals surface area contributed by atoms with Crippen LogP contribution in [0.1, 0.15) is 29.0 Å². The zero-order valence-corrected chi connectivity index (χ0v) is 31.5. The first kappa shape index (κ1) is 33.2. The Kier molecular flexibility index (Phi) is 7.86. The Morgan fingerprint density at radius 1 is 0.404 bits per heavy atom. The maximum Gasteiger partial charge on any atom is 0.132 e. The van der Waals surface area contributed by atoms with E-state index in [4.69, 9.17) is 4.99 Å². The second kappa shape index (κ2) is 13.5. The second-order valence-electron chi connectivity index (χ2n) is 14.9. The Balaban J connectivity index is 1.02. The number of hydrogen-bond acceptors (Lipinski definition) is 3. The first-order valence-corrected chi connectivity index (χ1v) is 19.6. The zero-order chi connectivity index (χ0) is 37.9. The first-order valence-electron chi connectivity index (χ1n) is 19.6. The third-order valence-corrected chi connectivity index (χ3v) is 11.6. The molecule has 272 valence electrons. The highest BCUT2D eigenvalue weighted by molar-refractivity contribution is 6.11. The molecule has 10 aromatic rings. The molecule has 2 atom stereocenters. The third kappa shape index (κ3) is 5.55. The first-order chi connectivity index (χ1) is 28.2. The van der Waals surface area contributed by atoms with E-state index in [0.717, 1.165) is 28.3 Å². The van der Waals surface area contributed by atoms with Crippen LogP contribution >= 0.6 is 0 Å². The molecule has 11 rings (SSSR count). The van der Waals surface area contributed by atoms with Crippen LogP contribution in [0.3, 0.4) is 0 Å². The van der Waals surface area contributed by atoms with Crippen molar-refractivity contribution in [1.82, 2.24) is 19.4 Å². The fraction of sp³-hybridized carbons (Fsp3) is 0.0577. The van der Waals surface area contributed by atoms with Crippen molar-refractivity contribution in [2.45, 2.75) is 12.3 Å². The lowest BCUT2D eigenvalue weighted by atomic mass is 10.0. The largest absolute Gasteiger partial charge is 0.350 e. The molecule has 0 bridgehead atoms. The monoisotopic (exact) mass is 733 g/mol. The summed E-state index contributed by atoms with van der Waals surface area (Å²) in [6, 6.07) is 72.0. The molecular weight excluding hydrogens is 695 g/mol. The van der Waals surface area contributed by atoms with Crippen LogP contribution in [0.15, 0.2) is 205 Å². The molecule has 1 aliphatic heterocycles. The van der Waals surface area contributed by atoms with Crippen LogP contribution in [0, 0.1) is 0 Å². The number of nitrogens with one attached hydrogen (secondary N) is 1. The number of hydrogen-bond donors (Lipinski definition) is 1. The smallest absolute Gasteiger partial charge is 0.132 e. The van der Waals surface area contributed by atoms with Crippen LogP contribution < -0.4 is 5.32 Å². The van der Waals surface area contributed by atoms with Crippen molar-refractivity contribution in [1.29, 1.82) is 0 Å². The maximum absolute atomic E-state index is 5.35. The van der Waals surface area contributed by atoms with Crippen molar-refractivity contribution < 1.29 is 0 Å². The fourth-order valence-electron chi connectivity index (χ4n) is 8.92. The van der Waals surface area contributed by atoms with Gasteiger partial charge in [-0.05, 0) is 83.9 Å². The van der Waals surface area contributed by atoms with Gasteiger partial charge in [0.25, 0.3) is 0 Å². The summed E-state index contributed by atoms with van der Waals surface area (Å²) < 4.78 is 4.78. The number of fused-ring (bicyclic) bond motifs is 6. The molecule has 3 heterocycles. The molecule has 0 radical (unpaired) electrons. The van der Waals surface area contributed by atoms with E-state index in [-0.39, 0.29) is 12.3 Å². The van der Waals surface area contributed by atoms with Gasteiger partial charge in [0.15, 0.2) is 0 Å². The highest BCUT2D eigenvalue weighted by atomic mass is 15.4. The topological polar surface area (TPSA) is 37.5 Å². The van der Waals surface area contributed by atoms with Gasteiger partial charge in [-0.2, -0.15) is 0 Å². The van der Waals surface area contributed by atoms with Crippen molar-refractivity contribution in [3.05, 3.63) is 217 Å². The minimum atomic E-state index is -0.142. The number of aliphatic imine (C=N–C) groups is 1. The summed E-state index contributed by atoms with van der Waals surface area (Å²) in [6.07, 6.45) is -0.191. The highest BCUT2D eigenvalue weighted by Gasteiger charge is 2.31. The summed E-state index contributed by atoms with van der Waals surface area (Å²) in [5.74, 6) is 0.879. The Morgan fingerprint density at radius 2 is 0.877 bits per heavy atom. The van der Waals surface area contributed by atoms with Gasteiger partial charge in [-0.25, -0.2) is 4.99 Å².